The van der Waals surface area contributed by atoms with Crippen molar-refractivity contribution in [2.45, 2.75) is 31.8 Å². The standard InChI is InChI=1S/C14H24N2O7/c1-21-12(10-22-13(19)15-6-2-4-8-17)11-23-14(20)16-7-3-5-9-18/h8-9,12H,2-7,10-11H2,1H3,(H,15,19)(H,16,20). The molecule has 2 N–H and O–H groups in total. The Balaban J connectivity index is 3.75. The molecular formula is C14H24N2O7. The number of alkyl carbamates (subject to hydrolysis) is 2. The molecule has 0 fully saturated rings. The number of ether oxygens (including phenoxy) is 3. The molecule has 2 amide bonds. The van der Waals surface area contributed by atoms with Crippen LogP contribution < -0.4 is 10.6 Å². The summed E-state index contributed by atoms with van der Waals surface area (Å²) in [5.74, 6) is 0. The molecule has 0 rings (SSSR count). The van der Waals surface area contributed by atoms with E-state index in [4.69, 9.17) is 14.2 Å². The quantitative estimate of drug-likeness (QED) is 0.370. The Bertz CT molecular complexity index is 331. The third-order valence-corrected chi connectivity index (χ3v) is 2.67. The number of carbonyl (C=O) groups is 4. The van der Waals surface area contributed by atoms with Gasteiger partial charge < -0.3 is 34.4 Å². The van der Waals surface area contributed by atoms with Gasteiger partial charge in [0.2, 0.25) is 0 Å². The van der Waals surface area contributed by atoms with Gasteiger partial charge in [-0.1, -0.05) is 0 Å². The van der Waals surface area contributed by atoms with Crippen LogP contribution in [0, 0.1) is 0 Å². The number of aldehydes is 2. The Morgan fingerprint density at radius 3 is 1.70 bits per heavy atom. The van der Waals surface area contributed by atoms with Gasteiger partial charge >= 0.3 is 12.2 Å². The Labute approximate surface area is 135 Å². The van der Waals surface area contributed by atoms with Crippen molar-refractivity contribution in [2.75, 3.05) is 33.4 Å². The Morgan fingerprint density at radius 1 is 0.913 bits per heavy atom. The highest BCUT2D eigenvalue weighted by atomic mass is 16.6. The number of hydrogen-bond acceptors (Lipinski definition) is 7. The molecule has 0 saturated carbocycles. The average molecular weight is 332 g/mol. The topological polar surface area (TPSA) is 120 Å². The van der Waals surface area contributed by atoms with Crippen LogP contribution in [0.2, 0.25) is 0 Å². The smallest absolute Gasteiger partial charge is 0.407 e. The summed E-state index contributed by atoms with van der Waals surface area (Å²) in [6, 6.07) is 0. The van der Waals surface area contributed by atoms with Crippen LogP contribution in [0.15, 0.2) is 0 Å². The van der Waals surface area contributed by atoms with E-state index in [1.54, 1.807) is 0 Å². The molecule has 0 aliphatic heterocycles. The van der Waals surface area contributed by atoms with Gasteiger partial charge in [0.15, 0.2) is 0 Å². The van der Waals surface area contributed by atoms with E-state index in [1.807, 2.05) is 0 Å². The maximum absolute atomic E-state index is 11.3. The second kappa shape index (κ2) is 14.8. The number of carbonyl (C=O) groups excluding carboxylic acids is 4. The molecule has 9 nitrogen and oxygen atoms in total. The zero-order valence-corrected chi connectivity index (χ0v) is 13.2. The normalized spacial score (nSPS) is 10.0. The van der Waals surface area contributed by atoms with Crippen LogP contribution in [0.25, 0.3) is 0 Å². The molecule has 0 aliphatic rings. The second-order valence-corrected chi connectivity index (χ2v) is 4.53. The van der Waals surface area contributed by atoms with Gasteiger partial charge in [-0.2, -0.15) is 0 Å². The van der Waals surface area contributed by atoms with Crippen molar-refractivity contribution in [2.24, 2.45) is 0 Å². The van der Waals surface area contributed by atoms with Crippen molar-refractivity contribution in [3.63, 3.8) is 0 Å². The number of amides is 2. The summed E-state index contributed by atoms with van der Waals surface area (Å²) < 4.78 is 14.8. The summed E-state index contributed by atoms with van der Waals surface area (Å²) in [6.07, 6.45) is 1.53. The minimum atomic E-state index is -0.628. The van der Waals surface area contributed by atoms with Gasteiger partial charge in [-0.05, 0) is 12.8 Å². The Kier molecular flexibility index (Phi) is 13.4. The lowest BCUT2D eigenvalue weighted by molar-refractivity contribution is -0.108. The largest absolute Gasteiger partial charge is 0.447 e. The number of unbranched alkanes of at least 4 members (excludes halogenated alkanes) is 2. The van der Waals surface area contributed by atoms with Crippen LogP contribution >= 0.6 is 0 Å². The first-order chi connectivity index (χ1) is 11.1. The van der Waals surface area contributed by atoms with Crippen LogP contribution in [-0.4, -0.2) is 64.3 Å². The van der Waals surface area contributed by atoms with E-state index >= 15 is 0 Å². The molecule has 0 aromatic heterocycles. The van der Waals surface area contributed by atoms with Gasteiger partial charge in [-0.25, -0.2) is 9.59 Å². The van der Waals surface area contributed by atoms with Crippen LogP contribution in [-0.2, 0) is 23.8 Å². The van der Waals surface area contributed by atoms with Gasteiger partial charge in [0.05, 0.1) is 0 Å². The highest BCUT2D eigenvalue weighted by Crippen LogP contribution is 1.95. The highest BCUT2D eigenvalue weighted by molar-refractivity contribution is 5.67. The third-order valence-electron chi connectivity index (χ3n) is 2.67. The molecular weight excluding hydrogens is 308 g/mol. The van der Waals surface area contributed by atoms with E-state index < -0.39 is 18.3 Å². The Hall–Kier alpha value is -2.16. The van der Waals surface area contributed by atoms with Crippen molar-refractivity contribution in [1.29, 1.82) is 0 Å². The molecule has 0 heterocycles. The predicted molar refractivity (Wildman–Crippen MR) is 80.1 cm³/mol. The first kappa shape index (κ1) is 20.8. The molecule has 0 bridgehead atoms. The van der Waals surface area contributed by atoms with Gasteiger partial charge in [-0.3, -0.25) is 0 Å². The van der Waals surface area contributed by atoms with Crippen molar-refractivity contribution in [3.8, 4) is 0 Å². The lowest BCUT2D eigenvalue weighted by Crippen LogP contribution is -2.34. The first-order valence-electron chi connectivity index (χ1n) is 7.35. The summed E-state index contributed by atoms with van der Waals surface area (Å²) in [5.41, 5.74) is 0. The Morgan fingerprint density at radius 2 is 1.35 bits per heavy atom. The van der Waals surface area contributed by atoms with Crippen molar-refractivity contribution in [1.82, 2.24) is 10.6 Å². The predicted octanol–water partition coefficient (Wildman–Crippen LogP) is 0.412. The van der Waals surface area contributed by atoms with Crippen LogP contribution in [0.1, 0.15) is 25.7 Å². The number of hydrogen-bond donors (Lipinski definition) is 2. The maximum Gasteiger partial charge on any atom is 0.407 e. The zero-order chi connectivity index (χ0) is 17.3. The molecule has 0 aromatic rings. The minimum Gasteiger partial charge on any atom is -0.447 e. The monoisotopic (exact) mass is 332 g/mol. The van der Waals surface area contributed by atoms with E-state index in [0.29, 0.717) is 38.8 Å². The second-order valence-electron chi connectivity index (χ2n) is 4.53. The molecule has 0 spiro atoms. The summed E-state index contributed by atoms with van der Waals surface area (Å²) in [5, 5.41) is 4.95. The molecule has 0 radical (unpaired) electrons. The fourth-order valence-corrected chi connectivity index (χ4v) is 1.38. The van der Waals surface area contributed by atoms with Gasteiger partial charge in [-0.15, -0.1) is 0 Å². The summed E-state index contributed by atoms with van der Waals surface area (Å²) >= 11 is 0. The van der Waals surface area contributed by atoms with Gasteiger partial charge in [0, 0.05) is 33.0 Å². The third kappa shape index (κ3) is 13.2. The summed E-state index contributed by atoms with van der Waals surface area (Å²) in [7, 11) is 1.40. The summed E-state index contributed by atoms with van der Waals surface area (Å²) in [4.78, 5) is 42.9. The van der Waals surface area contributed by atoms with Crippen molar-refractivity contribution >= 4 is 24.8 Å². The van der Waals surface area contributed by atoms with Crippen molar-refractivity contribution < 1.29 is 33.4 Å². The first-order valence-corrected chi connectivity index (χ1v) is 7.35. The van der Waals surface area contributed by atoms with E-state index in [9.17, 15) is 19.2 Å². The maximum atomic E-state index is 11.3. The average Bonchev–Trinajstić information content (AvgIpc) is 2.55. The number of nitrogens with one attached hydrogen (secondary N) is 2. The van der Waals surface area contributed by atoms with Crippen LogP contribution in [0.5, 0.6) is 0 Å². The zero-order valence-electron chi connectivity index (χ0n) is 13.2. The molecule has 132 valence electrons. The van der Waals surface area contributed by atoms with E-state index in [-0.39, 0.29) is 13.2 Å². The highest BCUT2D eigenvalue weighted by Gasteiger charge is 2.13. The van der Waals surface area contributed by atoms with E-state index in [2.05, 4.69) is 10.6 Å². The van der Waals surface area contributed by atoms with Crippen molar-refractivity contribution in [3.05, 3.63) is 0 Å². The van der Waals surface area contributed by atoms with Crippen LogP contribution in [0.3, 0.4) is 0 Å². The lowest BCUT2D eigenvalue weighted by atomic mass is 10.3. The van der Waals surface area contributed by atoms with E-state index in [0.717, 1.165) is 12.6 Å². The fraction of sp³-hybridized carbons (Fsp3) is 0.714. The summed E-state index contributed by atoms with van der Waals surface area (Å²) in [6.45, 7) is 0.534. The SMILES string of the molecule is COC(COC(=O)NCCCC=O)COC(=O)NCCCC=O. The number of rotatable bonds is 13. The molecule has 0 atom stereocenters. The van der Waals surface area contributed by atoms with Gasteiger partial charge in [0.1, 0.15) is 31.9 Å². The van der Waals surface area contributed by atoms with Crippen LogP contribution in [0.4, 0.5) is 9.59 Å². The molecule has 9 heteroatoms. The minimum absolute atomic E-state index is 0.0750. The molecule has 0 saturated heterocycles. The van der Waals surface area contributed by atoms with E-state index in [1.165, 1.54) is 7.11 Å². The molecule has 23 heavy (non-hydrogen) atoms. The van der Waals surface area contributed by atoms with Gasteiger partial charge in [0.25, 0.3) is 0 Å². The number of methoxy groups -OCH3 is 1. The molecule has 0 unspecified atom stereocenters. The molecule has 0 aliphatic carbocycles. The fourth-order valence-electron chi connectivity index (χ4n) is 1.38. The molecule has 0 aromatic carbocycles. The lowest BCUT2D eigenvalue weighted by Gasteiger charge is -2.16.